The number of hydrogen-bond acceptors (Lipinski definition) is 1. The normalized spacial score (nSPS) is 10.7. The van der Waals surface area contributed by atoms with Gasteiger partial charge in [0.1, 0.15) is 7.05 Å². The quantitative estimate of drug-likeness (QED) is 0.673. The molecule has 2 heterocycles. The van der Waals surface area contributed by atoms with E-state index >= 15 is 0 Å². The molecule has 0 spiro atoms. The van der Waals surface area contributed by atoms with Gasteiger partial charge in [0.05, 0.1) is 0 Å². The van der Waals surface area contributed by atoms with Crippen molar-refractivity contribution in [3.63, 3.8) is 0 Å². The predicted molar refractivity (Wildman–Crippen MR) is 60.8 cm³/mol. The molecule has 0 N–H and O–H groups in total. The van der Waals surface area contributed by atoms with E-state index in [0.29, 0.717) is 0 Å². The summed E-state index contributed by atoms with van der Waals surface area (Å²) >= 11 is 0. The van der Waals surface area contributed by atoms with Gasteiger partial charge in [0.2, 0.25) is 5.69 Å². The maximum atomic E-state index is 3.98. The molecular formula is C13H13N2+. The third-order valence-corrected chi connectivity index (χ3v) is 2.25. The van der Waals surface area contributed by atoms with Gasteiger partial charge in [-0.3, -0.25) is 4.98 Å². The monoisotopic (exact) mass is 197 g/mol. The molecule has 0 aliphatic carbocycles. The Bertz CT molecular complexity index is 461. The van der Waals surface area contributed by atoms with Gasteiger partial charge in [-0.25, -0.2) is 4.57 Å². The van der Waals surface area contributed by atoms with Crippen LogP contribution in [0.1, 0.15) is 11.3 Å². The number of hydrogen-bond donors (Lipinski definition) is 0. The first-order valence-corrected chi connectivity index (χ1v) is 4.89. The molecule has 0 saturated heterocycles. The highest BCUT2D eigenvalue weighted by molar-refractivity contribution is 5.66. The van der Waals surface area contributed by atoms with Crippen molar-refractivity contribution >= 4 is 12.2 Å². The molecule has 2 heteroatoms. The second-order valence-corrected chi connectivity index (χ2v) is 3.35. The van der Waals surface area contributed by atoms with Crippen molar-refractivity contribution in [1.82, 2.24) is 4.98 Å². The molecule has 0 saturated carbocycles. The van der Waals surface area contributed by atoms with E-state index in [1.54, 1.807) is 12.4 Å². The maximum absolute atomic E-state index is 3.98. The van der Waals surface area contributed by atoms with Gasteiger partial charge in [0.25, 0.3) is 0 Å². The smallest absolute Gasteiger partial charge is 0.204 e. The molecule has 74 valence electrons. The molecule has 2 rings (SSSR count). The number of aryl methyl sites for hydroxylation is 1. The highest BCUT2D eigenvalue weighted by Crippen LogP contribution is 2.03. The number of pyridine rings is 2. The average molecular weight is 197 g/mol. The van der Waals surface area contributed by atoms with E-state index in [2.05, 4.69) is 27.8 Å². The van der Waals surface area contributed by atoms with Crippen LogP contribution in [-0.2, 0) is 7.05 Å². The Balaban J connectivity index is 2.23. The van der Waals surface area contributed by atoms with Gasteiger partial charge in [0.15, 0.2) is 6.20 Å². The Kier molecular flexibility index (Phi) is 2.88. The highest BCUT2D eigenvalue weighted by Gasteiger charge is 1.97. The molecule has 0 aromatic carbocycles. The Labute approximate surface area is 89.5 Å². The fourth-order valence-electron chi connectivity index (χ4n) is 1.37. The second-order valence-electron chi connectivity index (χ2n) is 3.35. The zero-order valence-corrected chi connectivity index (χ0v) is 8.67. The van der Waals surface area contributed by atoms with Crippen LogP contribution in [0, 0.1) is 0 Å². The summed E-state index contributed by atoms with van der Waals surface area (Å²) in [5.41, 5.74) is 2.34. The second kappa shape index (κ2) is 4.51. The third kappa shape index (κ3) is 2.50. The topological polar surface area (TPSA) is 16.8 Å². The van der Waals surface area contributed by atoms with E-state index in [4.69, 9.17) is 0 Å². The van der Waals surface area contributed by atoms with Gasteiger partial charge in [-0.2, -0.15) is 0 Å². The van der Waals surface area contributed by atoms with Crippen LogP contribution in [0.3, 0.4) is 0 Å². The summed E-state index contributed by atoms with van der Waals surface area (Å²) in [6.07, 6.45) is 9.80. The average Bonchev–Trinajstić information content (AvgIpc) is 2.29. The van der Waals surface area contributed by atoms with Crippen LogP contribution >= 0.6 is 0 Å². The van der Waals surface area contributed by atoms with Crippen LogP contribution < -0.4 is 4.57 Å². The first-order valence-electron chi connectivity index (χ1n) is 4.89. The number of aromatic nitrogens is 2. The summed E-state index contributed by atoms with van der Waals surface area (Å²) in [5.74, 6) is 0. The third-order valence-electron chi connectivity index (χ3n) is 2.25. The molecule has 0 aliphatic rings. The fourth-order valence-corrected chi connectivity index (χ4v) is 1.37. The minimum absolute atomic E-state index is 1.16. The minimum Gasteiger partial charge on any atom is -0.265 e. The van der Waals surface area contributed by atoms with Crippen LogP contribution in [0.15, 0.2) is 48.9 Å². The molecule has 2 aromatic heterocycles. The Morgan fingerprint density at radius 2 is 1.87 bits per heavy atom. The van der Waals surface area contributed by atoms with Gasteiger partial charge in [-0.15, -0.1) is 0 Å². The molecule has 0 bridgehead atoms. The van der Waals surface area contributed by atoms with Crippen molar-refractivity contribution in [2.75, 3.05) is 0 Å². The molecule has 0 unspecified atom stereocenters. The molecule has 2 aromatic rings. The van der Waals surface area contributed by atoms with Crippen molar-refractivity contribution in [3.05, 3.63) is 60.2 Å². The van der Waals surface area contributed by atoms with Crippen molar-refractivity contribution in [2.45, 2.75) is 0 Å². The first kappa shape index (κ1) is 9.59. The van der Waals surface area contributed by atoms with E-state index in [1.807, 2.05) is 37.5 Å². The maximum Gasteiger partial charge on any atom is 0.204 e. The molecule has 0 atom stereocenters. The van der Waals surface area contributed by atoms with Crippen LogP contribution in [0.5, 0.6) is 0 Å². The zero-order valence-electron chi connectivity index (χ0n) is 8.67. The Morgan fingerprint density at radius 1 is 1.07 bits per heavy atom. The van der Waals surface area contributed by atoms with Crippen LogP contribution in [0.2, 0.25) is 0 Å². The van der Waals surface area contributed by atoms with Gasteiger partial charge in [-0.1, -0.05) is 0 Å². The molecule has 0 radical (unpaired) electrons. The molecule has 0 aliphatic heterocycles. The van der Waals surface area contributed by atoms with E-state index in [1.165, 1.54) is 5.69 Å². The molecule has 0 amide bonds. The summed E-state index contributed by atoms with van der Waals surface area (Å²) in [7, 11) is 2.03. The number of rotatable bonds is 2. The Morgan fingerprint density at radius 3 is 2.60 bits per heavy atom. The lowest BCUT2D eigenvalue weighted by atomic mass is 10.2. The van der Waals surface area contributed by atoms with Gasteiger partial charge < -0.3 is 0 Å². The lowest BCUT2D eigenvalue weighted by molar-refractivity contribution is -0.673. The largest absolute Gasteiger partial charge is 0.265 e. The zero-order chi connectivity index (χ0) is 10.5. The standard InChI is InChI=1S/C13H13N2/c1-15-11-3-2-4-13(15)6-5-12-7-9-14-10-8-12/h2-11H,1H3/q+1. The molecular weight excluding hydrogens is 184 g/mol. The summed E-state index contributed by atoms with van der Waals surface area (Å²) in [4.78, 5) is 3.98. The highest BCUT2D eigenvalue weighted by atomic mass is 14.9. The lowest BCUT2D eigenvalue weighted by Gasteiger charge is -1.93. The van der Waals surface area contributed by atoms with Crippen molar-refractivity contribution in [2.24, 2.45) is 7.05 Å². The van der Waals surface area contributed by atoms with Gasteiger partial charge in [-0.05, 0) is 29.8 Å². The van der Waals surface area contributed by atoms with Gasteiger partial charge >= 0.3 is 0 Å². The number of nitrogens with zero attached hydrogens (tertiary/aromatic N) is 2. The van der Waals surface area contributed by atoms with Crippen molar-refractivity contribution in [3.8, 4) is 0 Å². The van der Waals surface area contributed by atoms with E-state index in [-0.39, 0.29) is 0 Å². The van der Waals surface area contributed by atoms with E-state index < -0.39 is 0 Å². The minimum atomic E-state index is 1.16. The summed E-state index contributed by atoms with van der Waals surface area (Å²) in [5, 5.41) is 0. The van der Waals surface area contributed by atoms with Crippen LogP contribution in [0.25, 0.3) is 12.2 Å². The predicted octanol–water partition coefficient (Wildman–Crippen LogP) is 2.08. The van der Waals surface area contributed by atoms with Crippen LogP contribution in [-0.4, -0.2) is 4.98 Å². The SMILES string of the molecule is C[n+]1ccccc1C=Cc1ccncc1. The molecule has 0 fully saturated rings. The molecule has 15 heavy (non-hydrogen) atoms. The fraction of sp³-hybridized carbons (Fsp3) is 0.0769. The van der Waals surface area contributed by atoms with Gasteiger partial charge in [0, 0.05) is 30.6 Å². The first-order chi connectivity index (χ1) is 7.36. The summed E-state index contributed by atoms with van der Waals surface area (Å²) in [6, 6.07) is 10.1. The Hall–Kier alpha value is -1.96. The summed E-state index contributed by atoms with van der Waals surface area (Å²) < 4.78 is 2.08. The van der Waals surface area contributed by atoms with E-state index in [0.717, 1.165) is 5.56 Å². The van der Waals surface area contributed by atoms with Crippen molar-refractivity contribution in [1.29, 1.82) is 0 Å². The van der Waals surface area contributed by atoms with E-state index in [9.17, 15) is 0 Å². The summed E-state index contributed by atoms with van der Waals surface area (Å²) in [6.45, 7) is 0. The molecule has 2 nitrogen and oxygen atoms in total. The van der Waals surface area contributed by atoms with Crippen LogP contribution in [0.4, 0.5) is 0 Å². The van der Waals surface area contributed by atoms with Crippen molar-refractivity contribution < 1.29 is 4.57 Å². The lowest BCUT2D eigenvalue weighted by Crippen LogP contribution is -2.30.